The molecular weight excluding hydrogens is 961 g/mol. The Morgan fingerprint density at radius 2 is 0.763 bits per heavy atom. The zero-order valence-electron chi connectivity index (χ0n) is 53.7. The molecule has 450 valence electrons. The molecule has 0 aromatic carbocycles. The van der Waals surface area contributed by atoms with E-state index in [1.54, 1.807) is 69.5 Å². The Balaban J connectivity index is -0.000000253. The molecule has 0 heterocycles. The number of Topliss-reactive ketones (excluding diaryl/α,β-unsaturated/α-hetero) is 8. The van der Waals surface area contributed by atoms with Crippen molar-refractivity contribution in [2.75, 3.05) is 56.4 Å². The molecule has 16 heteroatoms. The van der Waals surface area contributed by atoms with Crippen molar-refractivity contribution in [3.8, 4) is 0 Å². The van der Waals surface area contributed by atoms with Crippen LogP contribution in [0.15, 0.2) is 0 Å². The maximum atomic E-state index is 11.3. The maximum absolute atomic E-state index is 11.3. The van der Waals surface area contributed by atoms with Crippen molar-refractivity contribution in [1.82, 2.24) is 42.5 Å². The minimum absolute atomic E-state index is 0.0208. The lowest BCUT2D eigenvalue weighted by Crippen LogP contribution is -2.50. The molecule has 0 bridgehead atoms. The quantitative estimate of drug-likeness (QED) is 0.0481. The fraction of sp³-hybridized carbons (Fsp3) is 0.867. The van der Waals surface area contributed by atoms with Crippen LogP contribution in [0.1, 0.15) is 227 Å². The summed E-state index contributed by atoms with van der Waals surface area (Å²) in [4.78, 5) is 87.0. The number of likely N-dealkylation sites (N-methyl/N-ethyl adjacent to an activating group) is 8. The third-order valence-corrected chi connectivity index (χ3v) is 15.2. The molecule has 0 amide bonds. The van der Waals surface area contributed by atoms with Crippen molar-refractivity contribution < 1.29 is 38.4 Å². The Labute approximate surface area is 466 Å². The summed E-state index contributed by atoms with van der Waals surface area (Å²) < 4.78 is 0. The van der Waals surface area contributed by atoms with E-state index >= 15 is 0 Å². The normalized spacial score (nSPS) is 17.0. The Hall–Kier alpha value is -2.96. The van der Waals surface area contributed by atoms with Crippen molar-refractivity contribution in [1.29, 1.82) is 0 Å². The highest BCUT2D eigenvalue weighted by molar-refractivity contribution is 5.89. The van der Waals surface area contributed by atoms with E-state index in [2.05, 4.69) is 84.1 Å². The number of unbranched alkanes of at least 4 members (excludes halogenated alkanes) is 1. The predicted molar refractivity (Wildman–Crippen MR) is 319 cm³/mol. The summed E-state index contributed by atoms with van der Waals surface area (Å²) in [7, 11) is 14.7. The van der Waals surface area contributed by atoms with Gasteiger partial charge in [-0.05, 0) is 201 Å². The highest BCUT2D eigenvalue weighted by atomic mass is 16.2. The van der Waals surface area contributed by atoms with Crippen LogP contribution in [0.2, 0.25) is 0 Å². The van der Waals surface area contributed by atoms with Crippen LogP contribution in [-0.4, -0.2) is 149 Å². The van der Waals surface area contributed by atoms with Crippen LogP contribution < -0.4 is 42.5 Å². The van der Waals surface area contributed by atoms with Gasteiger partial charge in [-0.3, -0.25) is 38.4 Å². The fourth-order valence-electron chi connectivity index (χ4n) is 8.72. The van der Waals surface area contributed by atoms with E-state index in [0.717, 1.165) is 77.0 Å². The second-order valence-electron chi connectivity index (χ2n) is 22.9. The van der Waals surface area contributed by atoms with Crippen LogP contribution in [0.4, 0.5) is 0 Å². The van der Waals surface area contributed by atoms with Gasteiger partial charge in [0, 0.05) is 0 Å². The van der Waals surface area contributed by atoms with E-state index in [0.29, 0.717) is 17.5 Å². The van der Waals surface area contributed by atoms with Crippen LogP contribution >= 0.6 is 0 Å². The zero-order chi connectivity index (χ0) is 60.7. The highest BCUT2D eigenvalue weighted by Crippen LogP contribution is 2.35. The summed E-state index contributed by atoms with van der Waals surface area (Å²) in [5, 5.41) is 24.1. The molecule has 76 heavy (non-hydrogen) atoms. The van der Waals surface area contributed by atoms with Gasteiger partial charge in [0.1, 0.15) is 46.3 Å². The summed E-state index contributed by atoms with van der Waals surface area (Å²) in [6.45, 7) is 31.4. The summed E-state index contributed by atoms with van der Waals surface area (Å²) in [6, 6.07) is 0.194. The van der Waals surface area contributed by atoms with Crippen molar-refractivity contribution in [2.45, 2.75) is 273 Å². The molecule has 0 aromatic rings. The molecule has 3 saturated carbocycles. The molecule has 8 N–H and O–H groups in total. The monoisotopic (exact) mass is 1080 g/mol. The second kappa shape index (κ2) is 43.9. The molecule has 0 aromatic heterocycles. The maximum Gasteiger partial charge on any atom is 0.149 e. The standard InChI is InChI=1S/C9H17NO.C9H19NO.C8H15NO.2C8H17NO.C6H11NO.2C6H13NO/c1-8(11)9(10-2)6-4-3-5-7-9;1-7(2)5-6-9(10-4)8(3)11;1-7(10)8(9-2)5-3-4-6-8;1-6(10)7(9-5)8(2,3)4;1-4-5-6-8(9-3)7(2)10;1-5(8)6(7-2)3-4-6;1-5(8)6(2,3)7-4;1-4-6(7-3)5(2)8/h10H,3-7H2,1-2H3;7,9-10H,5-6H2,1-4H3;9H,3-6H2,1-2H3;7,9H,1-5H3;8-9H,4-6H2,1-3H3;7H,3-4H2,1-2H3;7H,1-4H3;6-7H,4H2,1-3H3/t;9-;;7-;8-;;;6-/m.0.10..0/s1. The van der Waals surface area contributed by atoms with E-state index in [9.17, 15) is 38.4 Å². The molecule has 0 saturated heterocycles. The Kier molecular flexibility index (Phi) is 47.3. The Bertz CT molecular complexity index is 1610. The number of rotatable bonds is 23. The smallest absolute Gasteiger partial charge is 0.149 e. The average molecular weight is 1080 g/mol. The number of ketones is 8. The van der Waals surface area contributed by atoms with Crippen molar-refractivity contribution in [3.05, 3.63) is 0 Å². The van der Waals surface area contributed by atoms with Gasteiger partial charge in [-0.15, -0.1) is 0 Å². The number of nitrogens with one attached hydrogen (secondary N) is 8. The van der Waals surface area contributed by atoms with Gasteiger partial charge in [0.05, 0.1) is 46.3 Å². The van der Waals surface area contributed by atoms with Crippen LogP contribution in [-0.2, 0) is 38.4 Å². The first kappa shape index (κ1) is 81.9. The van der Waals surface area contributed by atoms with Crippen LogP contribution in [0, 0.1) is 11.3 Å². The molecular formula is C60H122N8O8. The average Bonchev–Trinajstić information content (AvgIpc) is 4.00. The fourth-order valence-corrected chi connectivity index (χ4v) is 8.72. The highest BCUT2D eigenvalue weighted by Gasteiger charge is 2.45. The minimum Gasteiger partial charge on any atom is -0.311 e. The van der Waals surface area contributed by atoms with Crippen molar-refractivity contribution >= 4 is 46.3 Å². The molecule has 0 unspecified atom stereocenters. The van der Waals surface area contributed by atoms with Crippen LogP contribution in [0.25, 0.3) is 0 Å². The van der Waals surface area contributed by atoms with E-state index in [4.69, 9.17) is 0 Å². The van der Waals surface area contributed by atoms with E-state index in [1.165, 1.54) is 32.1 Å². The minimum atomic E-state index is -0.347. The van der Waals surface area contributed by atoms with Gasteiger partial charge in [-0.25, -0.2) is 0 Å². The largest absolute Gasteiger partial charge is 0.311 e. The number of hydrogen-bond donors (Lipinski definition) is 8. The molecule has 0 radical (unpaired) electrons. The van der Waals surface area contributed by atoms with Gasteiger partial charge < -0.3 is 42.5 Å². The first-order chi connectivity index (χ1) is 35.0. The summed E-state index contributed by atoms with van der Waals surface area (Å²) in [5.41, 5.74) is -0.737. The lowest BCUT2D eigenvalue weighted by atomic mass is 9.79. The number of carbonyl (C=O) groups excluding carboxylic acids is 8. The predicted octanol–water partition coefficient (Wildman–Crippen LogP) is 8.24. The molecule has 16 nitrogen and oxygen atoms in total. The van der Waals surface area contributed by atoms with Gasteiger partial charge >= 0.3 is 0 Å². The Morgan fingerprint density at radius 1 is 0.434 bits per heavy atom. The lowest BCUT2D eigenvalue weighted by Gasteiger charge is -2.34. The third-order valence-electron chi connectivity index (χ3n) is 15.2. The molecule has 3 rings (SSSR count). The number of carbonyl (C=O) groups is 8. The first-order valence-corrected chi connectivity index (χ1v) is 28.6. The molecule has 0 aliphatic heterocycles. The molecule has 4 atom stereocenters. The Morgan fingerprint density at radius 3 is 0.895 bits per heavy atom. The van der Waals surface area contributed by atoms with E-state index in [1.807, 2.05) is 63.1 Å². The van der Waals surface area contributed by atoms with Gasteiger partial charge in [0.15, 0.2) is 0 Å². The second-order valence-corrected chi connectivity index (χ2v) is 22.9. The van der Waals surface area contributed by atoms with Crippen LogP contribution in [0.5, 0.6) is 0 Å². The molecule has 0 spiro atoms. The van der Waals surface area contributed by atoms with Gasteiger partial charge in [0.2, 0.25) is 0 Å². The lowest BCUT2D eigenvalue weighted by molar-refractivity contribution is -0.124. The van der Waals surface area contributed by atoms with Gasteiger partial charge in [-0.2, -0.15) is 0 Å². The van der Waals surface area contributed by atoms with Crippen molar-refractivity contribution in [3.63, 3.8) is 0 Å². The molecule has 3 aliphatic rings. The van der Waals surface area contributed by atoms with Gasteiger partial charge in [-0.1, -0.05) is 93.4 Å². The zero-order valence-corrected chi connectivity index (χ0v) is 53.7. The molecule has 3 fully saturated rings. The van der Waals surface area contributed by atoms with Crippen LogP contribution in [0.3, 0.4) is 0 Å². The van der Waals surface area contributed by atoms with Crippen molar-refractivity contribution in [2.24, 2.45) is 11.3 Å². The SMILES string of the molecule is CCCC[C@H](NC)C(C)=O.CC[C@H](NC)C(C)=O.CNC(C)(C)C(C)=O.CNC1(C(C)=O)CC1.CNC1(C(C)=O)CCCC1.CNC1(C(C)=O)CCCCC1.CN[C@@H](CCC(C)C)C(C)=O.CN[C@H](C(C)=O)C(C)(C)C. The number of hydrogen-bond acceptors (Lipinski definition) is 16. The summed E-state index contributed by atoms with van der Waals surface area (Å²) in [6.07, 6.45) is 18.4. The summed E-state index contributed by atoms with van der Waals surface area (Å²) in [5.74, 6) is 2.64. The topological polar surface area (TPSA) is 233 Å². The van der Waals surface area contributed by atoms with Gasteiger partial charge in [0.25, 0.3) is 0 Å². The first-order valence-electron chi connectivity index (χ1n) is 28.6. The molecule has 3 aliphatic carbocycles. The van der Waals surface area contributed by atoms with E-state index in [-0.39, 0.29) is 86.4 Å². The van der Waals surface area contributed by atoms with E-state index < -0.39 is 0 Å². The third kappa shape index (κ3) is 36.3. The summed E-state index contributed by atoms with van der Waals surface area (Å²) >= 11 is 0.